The van der Waals surface area contributed by atoms with Gasteiger partial charge in [0.2, 0.25) is 0 Å². The highest BCUT2D eigenvalue weighted by Crippen LogP contribution is 2.15. The number of amides is 2. The summed E-state index contributed by atoms with van der Waals surface area (Å²) in [6, 6.07) is 19.9. The lowest BCUT2D eigenvalue weighted by Gasteiger charge is -2.15. The Labute approximate surface area is 160 Å². The summed E-state index contributed by atoms with van der Waals surface area (Å²) in [5.74, 6) is 0. The first-order valence-corrected chi connectivity index (χ1v) is 9.20. The third kappa shape index (κ3) is 4.76. The van der Waals surface area contributed by atoms with Gasteiger partial charge in [0.25, 0.3) is 0 Å². The number of carbonyl (C=O) groups excluding carboxylic acids is 1. The molecule has 0 bridgehead atoms. The number of urea groups is 1. The van der Waals surface area contributed by atoms with Crippen molar-refractivity contribution in [1.82, 2.24) is 20.4 Å². The van der Waals surface area contributed by atoms with Crippen LogP contribution < -0.4 is 10.6 Å². The van der Waals surface area contributed by atoms with Crippen LogP contribution in [0.3, 0.4) is 0 Å². The minimum atomic E-state index is -0.180. The average Bonchev–Trinajstić information content (AvgIpc) is 2.94. The van der Waals surface area contributed by atoms with Crippen LogP contribution in [0.15, 0.2) is 60.7 Å². The van der Waals surface area contributed by atoms with Gasteiger partial charge < -0.3 is 10.6 Å². The molecule has 1 aromatic heterocycles. The predicted molar refractivity (Wildman–Crippen MR) is 107 cm³/mol. The van der Waals surface area contributed by atoms with Gasteiger partial charge in [-0.05, 0) is 31.9 Å². The molecule has 5 heteroatoms. The minimum Gasteiger partial charge on any atom is -0.334 e. The molecule has 0 unspecified atom stereocenters. The van der Waals surface area contributed by atoms with E-state index in [1.54, 1.807) is 0 Å². The van der Waals surface area contributed by atoms with Crippen LogP contribution in [0.25, 0.3) is 0 Å². The van der Waals surface area contributed by atoms with Gasteiger partial charge >= 0.3 is 6.03 Å². The number of carbonyl (C=O) groups is 1. The Morgan fingerprint density at radius 3 is 2.33 bits per heavy atom. The number of aromatic nitrogens is 2. The van der Waals surface area contributed by atoms with E-state index in [1.165, 1.54) is 5.56 Å². The number of hydrogen-bond donors (Lipinski definition) is 2. The lowest BCUT2D eigenvalue weighted by molar-refractivity contribution is 0.237. The standard InChI is InChI=1S/C22H26N4O/c1-16(20-12-8-5-9-13-20)24-22(27)23-14-21-17(2)25-26(18(21)3)15-19-10-6-4-7-11-19/h4-13,16H,14-15H2,1-3H3,(H2,23,24,27)/t16-/m1/s1. The van der Waals surface area contributed by atoms with E-state index in [0.717, 1.165) is 29.1 Å². The molecular formula is C22H26N4O. The summed E-state index contributed by atoms with van der Waals surface area (Å²) in [5.41, 5.74) is 5.37. The smallest absolute Gasteiger partial charge is 0.315 e. The van der Waals surface area contributed by atoms with Gasteiger partial charge in [-0.25, -0.2) is 4.79 Å². The molecule has 5 nitrogen and oxygen atoms in total. The molecule has 1 heterocycles. The van der Waals surface area contributed by atoms with Crippen LogP contribution in [-0.4, -0.2) is 15.8 Å². The average molecular weight is 362 g/mol. The van der Waals surface area contributed by atoms with Crippen molar-refractivity contribution >= 4 is 6.03 Å². The van der Waals surface area contributed by atoms with Crippen LogP contribution >= 0.6 is 0 Å². The Morgan fingerprint density at radius 2 is 1.67 bits per heavy atom. The summed E-state index contributed by atoms with van der Waals surface area (Å²) in [4.78, 5) is 12.3. The molecule has 0 aliphatic heterocycles. The zero-order chi connectivity index (χ0) is 19.2. The van der Waals surface area contributed by atoms with Gasteiger partial charge in [0, 0.05) is 17.8 Å². The number of nitrogens with one attached hydrogen (secondary N) is 2. The monoisotopic (exact) mass is 362 g/mol. The predicted octanol–water partition coefficient (Wildman–Crippen LogP) is 4.11. The summed E-state index contributed by atoms with van der Waals surface area (Å²) in [6.07, 6.45) is 0. The largest absolute Gasteiger partial charge is 0.334 e. The topological polar surface area (TPSA) is 59.0 Å². The molecule has 27 heavy (non-hydrogen) atoms. The van der Waals surface area contributed by atoms with Crippen molar-refractivity contribution in [3.63, 3.8) is 0 Å². The molecule has 2 aromatic carbocycles. The van der Waals surface area contributed by atoms with Crippen molar-refractivity contribution in [2.45, 2.75) is 39.9 Å². The molecule has 0 radical (unpaired) electrons. The van der Waals surface area contributed by atoms with E-state index < -0.39 is 0 Å². The number of rotatable bonds is 6. The molecule has 140 valence electrons. The quantitative estimate of drug-likeness (QED) is 0.693. The zero-order valence-corrected chi connectivity index (χ0v) is 16.1. The Bertz CT molecular complexity index is 887. The molecule has 0 aliphatic rings. The number of aryl methyl sites for hydroxylation is 1. The SMILES string of the molecule is Cc1nn(Cc2ccccc2)c(C)c1CNC(=O)N[C@H](C)c1ccccc1. The van der Waals surface area contributed by atoms with E-state index >= 15 is 0 Å². The van der Waals surface area contributed by atoms with Crippen molar-refractivity contribution in [3.8, 4) is 0 Å². The number of hydrogen-bond acceptors (Lipinski definition) is 2. The Morgan fingerprint density at radius 1 is 1.04 bits per heavy atom. The molecule has 0 aliphatic carbocycles. The zero-order valence-electron chi connectivity index (χ0n) is 16.1. The van der Waals surface area contributed by atoms with Crippen LogP contribution in [0.1, 0.15) is 41.0 Å². The molecule has 0 saturated carbocycles. The minimum absolute atomic E-state index is 0.0470. The second kappa shape index (κ2) is 8.54. The van der Waals surface area contributed by atoms with Crippen LogP contribution in [0.5, 0.6) is 0 Å². The van der Waals surface area contributed by atoms with Crippen molar-refractivity contribution in [1.29, 1.82) is 0 Å². The lowest BCUT2D eigenvalue weighted by atomic mass is 10.1. The highest BCUT2D eigenvalue weighted by atomic mass is 16.2. The molecule has 0 fully saturated rings. The maximum Gasteiger partial charge on any atom is 0.315 e. The highest BCUT2D eigenvalue weighted by molar-refractivity contribution is 5.74. The molecule has 3 aromatic rings. The highest BCUT2D eigenvalue weighted by Gasteiger charge is 2.14. The number of benzene rings is 2. The fourth-order valence-electron chi connectivity index (χ4n) is 3.14. The fourth-order valence-corrected chi connectivity index (χ4v) is 3.14. The number of nitrogens with zero attached hydrogens (tertiary/aromatic N) is 2. The maximum absolute atomic E-state index is 12.3. The molecule has 3 rings (SSSR count). The third-order valence-corrected chi connectivity index (χ3v) is 4.78. The van der Waals surface area contributed by atoms with E-state index in [-0.39, 0.29) is 12.1 Å². The molecule has 1 atom stereocenters. The van der Waals surface area contributed by atoms with Crippen LogP contribution in [0, 0.1) is 13.8 Å². The first-order valence-electron chi connectivity index (χ1n) is 9.20. The third-order valence-electron chi connectivity index (χ3n) is 4.78. The van der Waals surface area contributed by atoms with Gasteiger partial charge in [-0.15, -0.1) is 0 Å². The van der Waals surface area contributed by atoms with Crippen molar-refractivity contribution < 1.29 is 4.79 Å². The molecule has 2 N–H and O–H groups in total. The molecule has 2 amide bonds. The van der Waals surface area contributed by atoms with Crippen molar-refractivity contribution in [2.24, 2.45) is 0 Å². The summed E-state index contributed by atoms with van der Waals surface area (Å²) < 4.78 is 1.99. The van der Waals surface area contributed by atoms with Crippen LogP contribution in [0.2, 0.25) is 0 Å². The second-order valence-corrected chi connectivity index (χ2v) is 6.75. The second-order valence-electron chi connectivity index (χ2n) is 6.75. The Kier molecular flexibility index (Phi) is 5.91. The van der Waals surface area contributed by atoms with Gasteiger partial charge in [0.1, 0.15) is 0 Å². The first kappa shape index (κ1) is 18.7. The van der Waals surface area contributed by atoms with E-state index in [4.69, 9.17) is 0 Å². The maximum atomic E-state index is 12.3. The Hall–Kier alpha value is -3.08. The summed E-state index contributed by atoms with van der Waals surface area (Å²) in [6.45, 7) is 7.19. The van der Waals surface area contributed by atoms with Crippen molar-refractivity contribution in [3.05, 3.63) is 88.7 Å². The van der Waals surface area contributed by atoms with E-state index in [9.17, 15) is 4.79 Å². The van der Waals surface area contributed by atoms with Gasteiger partial charge in [0.15, 0.2) is 0 Å². The van der Waals surface area contributed by atoms with Gasteiger partial charge in [-0.3, -0.25) is 4.68 Å². The lowest BCUT2D eigenvalue weighted by Crippen LogP contribution is -2.36. The summed E-state index contributed by atoms with van der Waals surface area (Å²) in [5, 5.41) is 10.6. The summed E-state index contributed by atoms with van der Waals surface area (Å²) >= 11 is 0. The van der Waals surface area contributed by atoms with Crippen molar-refractivity contribution in [2.75, 3.05) is 0 Å². The Balaban J connectivity index is 1.60. The van der Waals surface area contributed by atoms with E-state index in [2.05, 4.69) is 27.9 Å². The van der Waals surface area contributed by atoms with E-state index in [0.29, 0.717) is 6.54 Å². The first-order chi connectivity index (χ1) is 13.0. The molecule has 0 spiro atoms. The summed E-state index contributed by atoms with van der Waals surface area (Å²) in [7, 11) is 0. The van der Waals surface area contributed by atoms with Crippen LogP contribution in [0.4, 0.5) is 4.79 Å². The normalized spacial score (nSPS) is 11.8. The van der Waals surface area contributed by atoms with Gasteiger partial charge in [0.05, 0.1) is 18.3 Å². The van der Waals surface area contributed by atoms with E-state index in [1.807, 2.05) is 74.0 Å². The van der Waals surface area contributed by atoms with Gasteiger partial charge in [-0.2, -0.15) is 5.10 Å². The van der Waals surface area contributed by atoms with Crippen LogP contribution in [-0.2, 0) is 13.1 Å². The fraction of sp³-hybridized carbons (Fsp3) is 0.273. The molecular weight excluding hydrogens is 336 g/mol. The van der Waals surface area contributed by atoms with Gasteiger partial charge in [-0.1, -0.05) is 60.7 Å². The molecule has 0 saturated heterocycles.